The molecule has 0 aromatic rings. The largest absolute Gasteiger partial charge is 0.352 e. The molecule has 1 heterocycles. The summed E-state index contributed by atoms with van der Waals surface area (Å²) in [5.41, 5.74) is 5.81. The van der Waals surface area contributed by atoms with Crippen molar-refractivity contribution in [3.05, 3.63) is 0 Å². The van der Waals surface area contributed by atoms with Gasteiger partial charge in [-0.15, -0.1) is 24.8 Å². The summed E-state index contributed by atoms with van der Waals surface area (Å²) < 4.78 is 0. The highest BCUT2D eigenvalue weighted by atomic mass is 35.5. The minimum absolute atomic E-state index is 0. The number of rotatable bonds is 5. The molecule has 0 spiro atoms. The Hall–Kier alpha value is -0.560. The molecule has 8 heteroatoms. The Labute approximate surface area is 164 Å². The highest BCUT2D eigenvalue weighted by molar-refractivity contribution is 5.85. The maximum atomic E-state index is 12.3. The zero-order valence-electron chi connectivity index (χ0n) is 15.4. The predicted molar refractivity (Wildman–Crippen MR) is 105 cm³/mol. The van der Waals surface area contributed by atoms with Gasteiger partial charge < -0.3 is 16.0 Å². The zero-order chi connectivity index (χ0) is 16.8. The number of carbonyl (C=O) groups excluding carboxylic acids is 2. The normalized spacial score (nSPS) is 21.5. The van der Waals surface area contributed by atoms with E-state index in [1.807, 2.05) is 18.7 Å². The summed E-state index contributed by atoms with van der Waals surface area (Å²) in [7, 11) is 0. The third-order valence-electron chi connectivity index (χ3n) is 5.20. The zero-order valence-corrected chi connectivity index (χ0v) is 17.0. The Morgan fingerprint density at radius 2 is 1.60 bits per heavy atom. The van der Waals surface area contributed by atoms with Crippen LogP contribution < -0.4 is 11.1 Å². The molecule has 6 nitrogen and oxygen atoms in total. The maximum Gasteiger partial charge on any atom is 0.234 e. The van der Waals surface area contributed by atoms with Crippen molar-refractivity contribution in [3.63, 3.8) is 0 Å². The minimum Gasteiger partial charge on any atom is -0.352 e. The summed E-state index contributed by atoms with van der Waals surface area (Å²) in [5.74, 6) is 0.114. The molecule has 1 aliphatic heterocycles. The molecule has 2 amide bonds. The van der Waals surface area contributed by atoms with Crippen LogP contribution in [0.4, 0.5) is 0 Å². The standard InChI is InChI=1S/C17H32N4O2.2ClH/c1-13(14(2)18)17(23)21-10-8-20(9-11-21)12-16(22)19-15-6-4-3-5-7-15;;/h13-15H,3-12,18H2,1-2H3,(H,19,22);2*1H. The molecule has 0 aromatic carbocycles. The molecule has 3 N–H and O–H groups in total. The van der Waals surface area contributed by atoms with Crippen LogP contribution in [0.25, 0.3) is 0 Å². The van der Waals surface area contributed by atoms with Gasteiger partial charge >= 0.3 is 0 Å². The van der Waals surface area contributed by atoms with Crippen molar-refractivity contribution in [3.8, 4) is 0 Å². The van der Waals surface area contributed by atoms with Crippen molar-refractivity contribution in [2.24, 2.45) is 11.7 Å². The molecule has 1 saturated carbocycles. The Bertz CT molecular complexity index is 409. The van der Waals surface area contributed by atoms with Crippen LogP contribution in [0.1, 0.15) is 46.0 Å². The Morgan fingerprint density at radius 3 is 2.12 bits per heavy atom. The van der Waals surface area contributed by atoms with Gasteiger partial charge in [-0.1, -0.05) is 26.2 Å². The number of nitrogens with zero attached hydrogens (tertiary/aromatic N) is 2. The first kappa shape index (κ1) is 24.4. The molecule has 2 atom stereocenters. The second kappa shape index (κ2) is 11.9. The average molecular weight is 397 g/mol. The van der Waals surface area contributed by atoms with Crippen LogP contribution in [-0.4, -0.2) is 66.4 Å². The van der Waals surface area contributed by atoms with Crippen molar-refractivity contribution in [2.45, 2.75) is 58.0 Å². The fourth-order valence-electron chi connectivity index (χ4n) is 3.36. The first-order valence-corrected chi connectivity index (χ1v) is 9.03. The molecule has 2 unspecified atom stereocenters. The van der Waals surface area contributed by atoms with Gasteiger partial charge in [0, 0.05) is 38.3 Å². The van der Waals surface area contributed by atoms with Crippen molar-refractivity contribution in [1.29, 1.82) is 0 Å². The van der Waals surface area contributed by atoms with Crippen LogP contribution in [0.3, 0.4) is 0 Å². The van der Waals surface area contributed by atoms with E-state index in [1.54, 1.807) is 0 Å². The molecule has 1 saturated heterocycles. The van der Waals surface area contributed by atoms with Gasteiger partial charge in [0.05, 0.1) is 12.5 Å². The molecule has 1 aliphatic carbocycles. The fourth-order valence-corrected chi connectivity index (χ4v) is 3.36. The highest BCUT2D eigenvalue weighted by Gasteiger charge is 2.27. The molecule has 0 bridgehead atoms. The number of hydrogen-bond acceptors (Lipinski definition) is 4. The van der Waals surface area contributed by atoms with Crippen molar-refractivity contribution < 1.29 is 9.59 Å². The Kier molecular flexibility index (Phi) is 11.7. The smallest absolute Gasteiger partial charge is 0.234 e. The van der Waals surface area contributed by atoms with Gasteiger partial charge in [0.2, 0.25) is 11.8 Å². The van der Waals surface area contributed by atoms with Gasteiger partial charge in [0.1, 0.15) is 0 Å². The number of carbonyl (C=O) groups is 2. The third-order valence-corrected chi connectivity index (χ3v) is 5.20. The first-order chi connectivity index (χ1) is 11.0. The van der Waals surface area contributed by atoms with E-state index in [1.165, 1.54) is 19.3 Å². The first-order valence-electron chi connectivity index (χ1n) is 9.03. The molecule has 0 aromatic heterocycles. The number of hydrogen-bond donors (Lipinski definition) is 2. The van der Waals surface area contributed by atoms with Gasteiger partial charge in [-0.25, -0.2) is 0 Å². The summed E-state index contributed by atoms with van der Waals surface area (Å²) in [4.78, 5) is 28.4. The molecular formula is C17H34Cl2N4O2. The van der Waals surface area contributed by atoms with Gasteiger partial charge in [-0.3, -0.25) is 14.5 Å². The number of nitrogens with one attached hydrogen (secondary N) is 1. The van der Waals surface area contributed by atoms with Crippen molar-refractivity contribution in [1.82, 2.24) is 15.1 Å². The van der Waals surface area contributed by atoms with E-state index in [0.29, 0.717) is 25.7 Å². The molecule has 0 radical (unpaired) electrons. The van der Waals surface area contributed by atoms with Crippen LogP contribution in [0, 0.1) is 5.92 Å². The van der Waals surface area contributed by atoms with Crippen LogP contribution in [0.2, 0.25) is 0 Å². The van der Waals surface area contributed by atoms with Crippen LogP contribution in [-0.2, 0) is 9.59 Å². The molecule has 2 aliphatic rings. The topological polar surface area (TPSA) is 78.7 Å². The number of amides is 2. The van der Waals surface area contributed by atoms with Crippen molar-refractivity contribution in [2.75, 3.05) is 32.7 Å². The SMILES string of the molecule is CC(N)C(C)C(=O)N1CCN(CC(=O)NC2CCCCC2)CC1.Cl.Cl. The molecule has 2 rings (SSSR count). The summed E-state index contributed by atoms with van der Waals surface area (Å²) in [6.45, 7) is 7.09. The lowest BCUT2D eigenvalue weighted by Gasteiger charge is -2.36. The lowest BCUT2D eigenvalue weighted by molar-refractivity contribution is -0.137. The average Bonchev–Trinajstić information content (AvgIpc) is 2.55. The van der Waals surface area contributed by atoms with Crippen LogP contribution >= 0.6 is 24.8 Å². The van der Waals surface area contributed by atoms with Crippen molar-refractivity contribution >= 4 is 36.6 Å². The molecule has 148 valence electrons. The number of nitrogens with two attached hydrogens (primary N) is 1. The van der Waals surface area contributed by atoms with E-state index >= 15 is 0 Å². The lowest BCUT2D eigenvalue weighted by Crippen LogP contribution is -2.54. The van der Waals surface area contributed by atoms with E-state index < -0.39 is 0 Å². The third kappa shape index (κ3) is 7.69. The summed E-state index contributed by atoms with van der Waals surface area (Å²) in [6.07, 6.45) is 5.97. The Balaban J connectivity index is 0.00000288. The number of piperazine rings is 1. The van der Waals surface area contributed by atoms with Gasteiger partial charge in [0.25, 0.3) is 0 Å². The second-order valence-electron chi connectivity index (χ2n) is 7.15. The van der Waals surface area contributed by atoms with E-state index in [2.05, 4.69) is 10.2 Å². The number of halogens is 2. The maximum absolute atomic E-state index is 12.3. The molecule has 25 heavy (non-hydrogen) atoms. The second-order valence-corrected chi connectivity index (χ2v) is 7.15. The van der Waals surface area contributed by atoms with Gasteiger partial charge in [-0.2, -0.15) is 0 Å². The predicted octanol–water partition coefficient (Wildman–Crippen LogP) is 1.41. The fraction of sp³-hybridized carbons (Fsp3) is 0.882. The quantitative estimate of drug-likeness (QED) is 0.735. The van der Waals surface area contributed by atoms with E-state index in [-0.39, 0.29) is 48.6 Å². The van der Waals surface area contributed by atoms with Gasteiger partial charge in [-0.05, 0) is 19.8 Å². The summed E-state index contributed by atoms with van der Waals surface area (Å²) in [5, 5.41) is 3.16. The Morgan fingerprint density at radius 1 is 1.04 bits per heavy atom. The molecular weight excluding hydrogens is 363 g/mol. The van der Waals surface area contributed by atoms with E-state index in [9.17, 15) is 9.59 Å². The lowest BCUT2D eigenvalue weighted by atomic mass is 9.95. The minimum atomic E-state index is -0.142. The molecule has 2 fully saturated rings. The van der Waals surface area contributed by atoms with E-state index in [0.717, 1.165) is 25.9 Å². The van der Waals surface area contributed by atoms with Gasteiger partial charge in [0.15, 0.2) is 0 Å². The van der Waals surface area contributed by atoms with Crippen LogP contribution in [0.15, 0.2) is 0 Å². The summed E-state index contributed by atoms with van der Waals surface area (Å²) in [6, 6.07) is 0.243. The van der Waals surface area contributed by atoms with E-state index in [4.69, 9.17) is 5.73 Å². The van der Waals surface area contributed by atoms with Crippen LogP contribution in [0.5, 0.6) is 0 Å². The summed E-state index contributed by atoms with van der Waals surface area (Å²) >= 11 is 0. The highest BCUT2D eigenvalue weighted by Crippen LogP contribution is 2.17. The monoisotopic (exact) mass is 396 g/mol.